The number of hydrogen-bond acceptors (Lipinski definition) is 6. The molecule has 13 rings (SSSR count). The number of fused-ring (bicyclic) bond motifs is 9. The van der Waals surface area contributed by atoms with E-state index in [1.807, 2.05) is 23.5 Å². The number of hydrogen-bond donors (Lipinski definition) is 1. The van der Waals surface area contributed by atoms with Crippen LogP contribution in [0.2, 0.25) is 0 Å². The molecule has 1 N–H and O–H groups in total. The lowest BCUT2D eigenvalue weighted by atomic mass is 9.97. The fourth-order valence-electron chi connectivity index (χ4n) is 9.50. The van der Waals surface area contributed by atoms with E-state index in [0.29, 0.717) is 0 Å². The first-order valence-electron chi connectivity index (χ1n) is 21.6. The van der Waals surface area contributed by atoms with E-state index in [9.17, 15) is 0 Å². The van der Waals surface area contributed by atoms with Crippen LogP contribution in [0.25, 0.3) is 76.2 Å². The van der Waals surface area contributed by atoms with E-state index in [1.54, 1.807) is 0 Å². The van der Waals surface area contributed by atoms with Crippen molar-refractivity contribution in [3.63, 3.8) is 0 Å². The minimum absolute atomic E-state index is 0.0764. The summed E-state index contributed by atoms with van der Waals surface area (Å²) < 4.78 is 14.3. The first-order chi connectivity index (χ1) is 31.7. The van der Waals surface area contributed by atoms with Gasteiger partial charge in [0, 0.05) is 48.7 Å². The second kappa shape index (κ2) is 14.7. The van der Waals surface area contributed by atoms with Gasteiger partial charge in [-0.25, -0.2) is 4.99 Å². The van der Waals surface area contributed by atoms with Gasteiger partial charge >= 0.3 is 0 Å². The second-order valence-electron chi connectivity index (χ2n) is 16.3. The van der Waals surface area contributed by atoms with Gasteiger partial charge in [-0.1, -0.05) is 146 Å². The number of aliphatic imine (C=N–C) groups is 1. The zero-order valence-corrected chi connectivity index (χ0v) is 35.2. The number of thiophene rings is 1. The molecule has 0 amide bonds. The van der Waals surface area contributed by atoms with Crippen molar-refractivity contribution in [2.75, 3.05) is 4.90 Å². The molecule has 1 unspecified atom stereocenters. The van der Waals surface area contributed by atoms with Gasteiger partial charge in [-0.2, -0.15) is 0 Å². The predicted octanol–water partition coefficient (Wildman–Crippen LogP) is 16.3. The lowest BCUT2D eigenvalue weighted by Gasteiger charge is -2.27. The molecule has 4 heterocycles. The normalized spacial score (nSPS) is 13.7. The Hall–Kier alpha value is -8.19. The molecule has 0 spiro atoms. The summed E-state index contributed by atoms with van der Waals surface area (Å²) in [5.41, 5.74) is 14.3. The summed E-state index contributed by atoms with van der Waals surface area (Å²) in [5.74, 6) is 0.830. The molecule has 0 fully saturated rings. The van der Waals surface area contributed by atoms with Crippen molar-refractivity contribution in [1.29, 1.82) is 0 Å². The van der Waals surface area contributed by atoms with Crippen molar-refractivity contribution in [3.8, 4) is 22.3 Å². The maximum Gasteiger partial charge on any atom is 0.143 e. The van der Waals surface area contributed by atoms with Crippen LogP contribution < -0.4 is 10.2 Å². The Morgan fingerprint density at radius 2 is 1.11 bits per heavy atom. The molecule has 9 aromatic carbocycles. The van der Waals surface area contributed by atoms with Crippen LogP contribution >= 0.6 is 11.3 Å². The van der Waals surface area contributed by atoms with Crippen LogP contribution in [-0.4, -0.2) is 5.84 Å². The summed E-state index contributed by atoms with van der Waals surface area (Å²) in [6, 6.07) is 74.8. The summed E-state index contributed by atoms with van der Waals surface area (Å²) in [6.45, 7) is 0. The number of anilines is 3. The molecule has 64 heavy (non-hydrogen) atoms. The van der Waals surface area contributed by atoms with Gasteiger partial charge < -0.3 is 19.1 Å². The monoisotopic (exact) mass is 839 g/mol. The van der Waals surface area contributed by atoms with Gasteiger partial charge in [-0.05, 0) is 89.0 Å². The Labute approximate surface area is 372 Å². The predicted molar refractivity (Wildman–Crippen MR) is 266 cm³/mol. The smallest absolute Gasteiger partial charge is 0.143 e. The van der Waals surface area contributed by atoms with Crippen LogP contribution in [0.5, 0.6) is 0 Å². The standard InChI is InChI=1S/C58H37N3O2S/c1-3-13-36(14-4-1)37-25-27-39(28-26-37)54-57-55(46-18-8-10-24-52(46)64-57)60-58(59-54)40-31-34-50-47(35-40)53-48(21-12-23-51(53)62-50)61(41-15-5-2-6-16-41)42-32-29-38(30-33-42)43-19-11-20-45-44-17-7-9-22-49(44)63-56(43)45/h1-35,54H,(H,59,60). The van der Waals surface area contributed by atoms with Crippen LogP contribution in [0.1, 0.15) is 22.0 Å². The molecular weight excluding hydrogens is 803 g/mol. The highest BCUT2D eigenvalue weighted by molar-refractivity contribution is 7.19. The molecule has 1 aliphatic heterocycles. The zero-order chi connectivity index (χ0) is 42.1. The lowest BCUT2D eigenvalue weighted by molar-refractivity contribution is 0.669. The third-order valence-corrected chi connectivity index (χ3v) is 13.8. The topological polar surface area (TPSA) is 53.9 Å². The molecule has 302 valence electrons. The SMILES string of the molecule is c1ccc(-c2ccc(C3NC(c4ccc5oc6cccc(N(c7ccccc7)c7ccc(-c8cccc9c8oc8ccccc89)cc7)c6c5c4)=Nc4c3sc3ccccc43)cc2)cc1. The number of nitrogens with one attached hydrogen (secondary N) is 1. The van der Waals surface area contributed by atoms with Gasteiger partial charge in [-0.15, -0.1) is 11.3 Å². The first-order valence-corrected chi connectivity index (χ1v) is 22.4. The maximum atomic E-state index is 6.64. The van der Waals surface area contributed by atoms with Gasteiger partial charge in [-0.3, -0.25) is 0 Å². The van der Waals surface area contributed by atoms with Crippen LogP contribution in [0, 0.1) is 0 Å². The van der Waals surface area contributed by atoms with Crippen molar-refractivity contribution in [1.82, 2.24) is 5.32 Å². The van der Waals surface area contributed by atoms with E-state index in [2.05, 4.69) is 210 Å². The third-order valence-electron chi connectivity index (χ3n) is 12.6. The van der Waals surface area contributed by atoms with Crippen LogP contribution in [0.3, 0.4) is 0 Å². The van der Waals surface area contributed by atoms with E-state index < -0.39 is 0 Å². The Morgan fingerprint density at radius 1 is 0.469 bits per heavy atom. The van der Waals surface area contributed by atoms with Crippen molar-refractivity contribution in [2.24, 2.45) is 4.99 Å². The highest BCUT2D eigenvalue weighted by Gasteiger charge is 2.29. The van der Waals surface area contributed by atoms with E-state index >= 15 is 0 Å². The maximum absolute atomic E-state index is 6.64. The molecule has 12 aromatic rings. The Bertz CT molecular complexity index is 3750. The third kappa shape index (κ3) is 5.95. The molecule has 3 aromatic heterocycles. The largest absolute Gasteiger partial charge is 0.456 e. The molecule has 1 aliphatic rings. The highest BCUT2D eigenvalue weighted by Crippen LogP contribution is 2.47. The first kappa shape index (κ1) is 36.5. The number of rotatable bonds is 7. The molecule has 0 radical (unpaired) electrons. The average Bonchev–Trinajstić information content (AvgIpc) is 4.06. The van der Waals surface area contributed by atoms with Crippen LogP contribution in [0.15, 0.2) is 226 Å². The quantitative estimate of drug-likeness (QED) is 0.174. The van der Waals surface area contributed by atoms with Crippen molar-refractivity contribution >= 4 is 93.9 Å². The van der Waals surface area contributed by atoms with E-state index in [4.69, 9.17) is 13.8 Å². The van der Waals surface area contributed by atoms with Crippen molar-refractivity contribution in [2.45, 2.75) is 6.04 Å². The molecule has 6 heteroatoms. The highest BCUT2D eigenvalue weighted by atomic mass is 32.1. The minimum atomic E-state index is -0.0764. The van der Waals surface area contributed by atoms with Crippen molar-refractivity contribution in [3.05, 3.63) is 228 Å². The number of amidine groups is 1. The van der Waals surface area contributed by atoms with Crippen molar-refractivity contribution < 1.29 is 8.83 Å². The zero-order valence-electron chi connectivity index (χ0n) is 34.4. The molecular formula is C58H37N3O2S. The van der Waals surface area contributed by atoms with Gasteiger partial charge in [0.25, 0.3) is 0 Å². The van der Waals surface area contributed by atoms with E-state index in [0.717, 1.165) is 89.2 Å². The molecule has 0 bridgehead atoms. The molecule has 1 atom stereocenters. The lowest BCUT2D eigenvalue weighted by Crippen LogP contribution is -2.32. The molecule has 0 aliphatic carbocycles. The molecule has 0 saturated carbocycles. The average molecular weight is 840 g/mol. The molecule has 5 nitrogen and oxygen atoms in total. The van der Waals surface area contributed by atoms with Gasteiger partial charge in [0.1, 0.15) is 28.2 Å². The summed E-state index contributed by atoms with van der Waals surface area (Å²) in [4.78, 5) is 8.94. The summed E-state index contributed by atoms with van der Waals surface area (Å²) in [7, 11) is 0. The Balaban J connectivity index is 0.925. The summed E-state index contributed by atoms with van der Waals surface area (Å²) >= 11 is 1.81. The Kier molecular flexibility index (Phi) is 8.39. The van der Waals surface area contributed by atoms with Crippen LogP contribution in [0.4, 0.5) is 22.7 Å². The van der Waals surface area contributed by atoms with Gasteiger partial charge in [0.2, 0.25) is 0 Å². The van der Waals surface area contributed by atoms with E-state index in [-0.39, 0.29) is 6.04 Å². The number of furan rings is 2. The van der Waals surface area contributed by atoms with Gasteiger partial charge in [0.05, 0.1) is 27.7 Å². The Morgan fingerprint density at radius 3 is 1.95 bits per heavy atom. The number of benzene rings is 9. The number of para-hydroxylation sites is 3. The summed E-state index contributed by atoms with van der Waals surface area (Å²) in [6.07, 6.45) is 0. The second-order valence-corrected chi connectivity index (χ2v) is 17.4. The number of nitrogens with zero attached hydrogens (tertiary/aromatic N) is 2. The molecule has 0 saturated heterocycles. The van der Waals surface area contributed by atoms with Gasteiger partial charge in [0.15, 0.2) is 0 Å². The van der Waals surface area contributed by atoms with E-state index in [1.165, 1.54) is 31.7 Å². The minimum Gasteiger partial charge on any atom is -0.456 e. The fraction of sp³-hybridized carbons (Fsp3) is 0.0172. The van der Waals surface area contributed by atoms with Crippen LogP contribution in [-0.2, 0) is 0 Å². The summed E-state index contributed by atoms with van der Waals surface area (Å²) in [5, 5.41) is 9.37. The fourth-order valence-corrected chi connectivity index (χ4v) is 10.7.